The van der Waals surface area contributed by atoms with Gasteiger partial charge in [-0.3, -0.25) is 0 Å². The summed E-state index contributed by atoms with van der Waals surface area (Å²) in [6.07, 6.45) is 9.21. The van der Waals surface area contributed by atoms with Crippen LogP contribution in [0.1, 0.15) is 48.5 Å². The van der Waals surface area contributed by atoms with Crippen molar-refractivity contribution in [3.63, 3.8) is 0 Å². The third-order valence-electron chi connectivity index (χ3n) is 3.59. The Morgan fingerprint density at radius 3 is 2.95 bits per heavy atom. The molecule has 3 rings (SSSR count). The summed E-state index contributed by atoms with van der Waals surface area (Å²) in [6, 6.07) is 0.251. The molecular formula is C14H18N4S. The molecule has 1 aliphatic carbocycles. The Labute approximate surface area is 117 Å². The minimum Gasteiger partial charge on any atom is -0.361 e. The maximum atomic E-state index is 4.44. The Hall–Kier alpha value is -1.49. The third-order valence-corrected chi connectivity index (χ3v) is 4.48. The van der Waals surface area contributed by atoms with Crippen molar-refractivity contribution in [1.29, 1.82) is 0 Å². The van der Waals surface area contributed by atoms with Gasteiger partial charge in [-0.2, -0.15) is 0 Å². The molecule has 1 aliphatic rings. The van der Waals surface area contributed by atoms with Crippen LogP contribution in [0.4, 0.5) is 5.82 Å². The minimum absolute atomic E-state index is 0.251. The van der Waals surface area contributed by atoms with Crippen LogP contribution in [0.5, 0.6) is 0 Å². The first kappa shape index (κ1) is 12.5. The van der Waals surface area contributed by atoms with E-state index in [9.17, 15) is 0 Å². The number of hydrogen-bond donors (Lipinski definition) is 1. The van der Waals surface area contributed by atoms with Crippen LogP contribution in [0.15, 0.2) is 17.9 Å². The largest absolute Gasteiger partial charge is 0.361 e. The summed E-state index contributed by atoms with van der Waals surface area (Å²) < 4.78 is 0. The van der Waals surface area contributed by atoms with Gasteiger partial charge in [-0.1, -0.05) is 6.92 Å². The Bertz CT molecular complexity index is 538. The summed E-state index contributed by atoms with van der Waals surface area (Å²) in [5, 5.41) is 6.71. The predicted octanol–water partition coefficient (Wildman–Crippen LogP) is 3.38. The van der Waals surface area contributed by atoms with E-state index in [1.54, 1.807) is 17.7 Å². The molecule has 0 saturated heterocycles. The Morgan fingerprint density at radius 1 is 1.26 bits per heavy atom. The van der Waals surface area contributed by atoms with Crippen LogP contribution >= 0.6 is 11.3 Å². The van der Waals surface area contributed by atoms with Gasteiger partial charge in [0.1, 0.15) is 17.2 Å². The highest BCUT2D eigenvalue weighted by Crippen LogP contribution is 2.29. The second-order valence-corrected chi connectivity index (χ2v) is 5.76. The average Bonchev–Trinajstić information content (AvgIpc) is 2.99. The maximum absolute atomic E-state index is 4.44. The molecule has 0 fully saturated rings. The number of fused-ring (bicyclic) bond motifs is 1. The molecule has 2 aromatic heterocycles. The van der Waals surface area contributed by atoms with Gasteiger partial charge in [0.05, 0.1) is 6.04 Å². The molecule has 0 spiro atoms. The number of nitrogens with one attached hydrogen (secondary N) is 1. The van der Waals surface area contributed by atoms with Gasteiger partial charge in [0, 0.05) is 22.8 Å². The zero-order valence-electron chi connectivity index (χ0n) is 11.1. The number of thiazole rings is 1. The van der Waals surface area contributed by atoms with Gasteiger partial charge in [0.25, 0.3) is 0 Å². The van der Waals surface area contributed by atoms with Crippen molar-refractivity contribution in [1.82, 2.24) is 15.0 Å². The maximum Gasteiger partial charge on any atom is 0.133 e. The Kier molecular flexibility index (Phi) is 3.73. The van der Waals surface area contributed by atoms with E-state index in [2.05, 4.69) is 27.2 Å². The summed E-state index contributed by atoms with van der Waals surface area (Å²) in [5.41, 5.74) is 2.53. The molecule has 1 atom stereocenters. The molecule has 0 aromatic carbocycles. The van der Waals surface area contributed by atoms with E-state index in [0.717, 1.165) is 30.1 Å². The van der Waals surface area contributed by atoms with Crippen molar-refractivity contribution < 1.29 is 0 Å². The fourth-order valence-corrected chi connectivity index (χ4v) is 3.33. The first-order valence-corrected chi connectivity index (χ1v) is 7.75. The fraction of sp³-hybridized carbons (Fsp3) is 0.500. The second kappa shape index (κ2) is 5.65. The van der Waals surface area contributed by atoms with Crippen LogP contribution in [0.2, 0.25) is 0 Å². The number of anilines is 1. The van der Waals surface area contributed by atoms with Gasteiger partial charge < -0.3 is 5.32 Å². The molecule has 1 N–H and O–H groups in total. The van der Waals surface area contributed by atoms with Crippen molar-refractivity contribution in [3.05, 3.63) is 34.2 Å². The van der Waals surface area contributed by atoms with E-state index in [-0.39, 0.29) is 6.04 Å². The van der Waals surface area contributed by atoms with E-state index in [4.69, 9.17) is 0 Å². The topological polar surface area (TPSA) is 50.7 Å². The lowest BCUT2D eigenvalue weighted by Crippen LogP contribution is -2.15. The van der Waals surface area contributed by atoms with Crippen LogP contribution in [0.3, 0.4) is 0 Å². The number of nitrogens with zero attached hydrogens (tertiary/aromatic N) is 3. The molecular weight excluding hydrogens is 256 g/mol. The predicted molar refractivity (Wildman–Crippen MR) is 77.4 cm³/mol. The Morgan fingerprint density at radius 2 is 2.16 bits per heavy atom. The molecule has 0 bridgehead atoms. The van der Waals surface area contributed by atoms with Crippen LogP contribution in [0, 0.1) is 0 Å². The zero-order chi connectivity index (χ0) is 13.1. The van der Waals surface area contributed by atoms with E-state index < -0.39 is 0 Å². The second-order valence-electron chi connectivity index (χ2n) is 4.83. The number of aromatic nitrogens is 3. The molecule has 100 valence electrons. The quantitative estimate of drug-likeness (QED) is 0.928. The monoisotopic (exact) mass is 274 g/mol. The summed E-state index contributed by atoms with van der Waals surface area (Å²) in [6.45, 7) is 2.17. The van der Waals surface area contributed by atoms with Crippen molar-refractivity contribution in [2.75, 3.05) is 5.32 Å². The van der Waals surface area contributed by atoms with Crippen LogP contribution in [0.25, 0.3) is 0 Å². The van der Waals surface area contributed by atoms with E-state index in [1.807, 2.05) is 11.6 Å². The first-order chi connectivity index (χ1) is 9.38. The van der Waals surface area contributed by atoms with E-state index in [1.165, 1.54) is 24.1 Å². The standard InChI is InChI=1S/C14H18N4S/c1-2-11(14-15-7-8-19-14)18-13-10-5-3-4-6-12(10)16-9-17-13/h7-9,11H,2-6H2,1H3,(H,16,17,18). The van der Waals surface area contributed by atoms with Gasteiger partial charge in [-0.15, -0.1) is 11.3 Å². The van der Waals surface area contributed by atoms with Crippen molar-refractivity contribution in [2.24, 2.45) is 0 Å². The lowest BCUT2D eigenvalue weighted by Gasteiger charge is -2.21. The lowest BCUT2D eigenvalue weighted by molar-refractivity contribution is 0.657. The zero-order valence-corrected chi connectivity index (χ0v) is 11.9. The summed E-state index contributed by atoms with van der Waals surface area (Å²) >= 11 is 1.70. The highest BCUT2D eigenvalue weighted by Gasteiger charge is 2.19. The molecule has 1 unspecified atom stereocenters. The fourth-order valence-electron chi connectivity index (χ4n) is 2.56. The summed E-state index contributed by atoms with van der Waals surface area (Å²) in [7, 11) is 0. The molecule has 4 nitrogen and oxygen atoms in total. The van der Waals surface area contributed by atoms with Gasteiger partial charge >= 0.3 is 0 Å². The van der Waals surface area contributed by atoms with Crippen molar-refractivity contribution >= 4 is 17.2 Å². The number of rotatable bonds is 4. The molecule has 2 heterocycles. The molecule has 0 radical (unpaired) electrons. The molecule has 0 saturated carbocycles. The minimum atomic E-state index is 0.251. The highest BCUT2D eigenvalue weighted by molar-refractivity contribution is 7.09. The van der Waals surface area contributed by atoms with Crippen molar-refractivity contribution in [2.45, 2.75) is 45.1 Å². The van der Waals surface area contributed by atoms with Gasteiger partial charge in [-0.25, -0.2) is 15.0 Å². The van der Waals surface area contributed by atoms with E-state index >= 15 is 0 Å². The van der Waals surface area contributed by atoms with Gasteiger partial charge in [-0.05, 0) is 32.1 Å². The molecule has 0 aliphatic heterocycles. The number of aryl methyl sites for hydroxylation is 1. The lowest BCUT2D eigenvalue weighted by atomic mass is 9.96. The molecule has 0 amide bonds. The van der Waals surface area contributed by atoms with Crippen LogP contribution in [-0.4, -0.2) is 15.0 Å². The average molecular weight is 274 g/mol. The first-order valence-electron chi connectivity index (χ1n) is 6.87. The highest BCUT2D eigenvalue weighted by atomic mass is 32.1. The number of hydrogen-bond acceptors (Lipinski definition) is 5. The summed E-state index contributed by atoms with van der Waals surface area (Å²) in [5.74, 6) is 1.01. The van der Waals surface area contributed by atoms with Gasteiger partial charge in [0.2, 0.25) is 0 Å². The van der Waals surface area contributed by atoms with Crippen LogP contribution in [-0.2, 0) is 12.8 Å². The van der Waals surface area contributed by atoms with Gasteiger partial charge in [0.15, 0.2) is 0 Å². The van der Waals surface area contributed by atoms with Crippen molar-refractivity contribution in [3.8, 4) is 0 Å². The Balaban J connectivity index is 1.86. The third kappa shape index (κ3) is 2.61. The normalized spacial score (nSPS) is 15.8. The summed E-state index contributed by atoms with van der Waals surface area (Å²) in [4.78, 5) is 13.3. The molecule has 19 heavy (non-hydrogen) atoms. The SMILES string of the molecule is CCC(Nc1ncnc2c1CCCC2)c1nccs1. The van der Waals surface area contributed by atoms with Crippen LogP contribution < -0.4 is 5.32 Å². The smallest absolute Gasteiger partial charge is 0.133 e. The molecule has 2 aromatic rings. The van der Waals surface area contributed by atoms with E-state index in [0.29, 0.717) is 0 Å². The molecule has 5 heteroatoms.